The zero-order valence-corrected chi connectivity index (χ0v) is 17.4. The maximum Gasteiger partial charge on any atom is 0.406 e. The summed E-state index contributed by atoms with van der Waals surface area (Å²) in [5.74, 6) is -4.67. The minimum atomic E-state index is -4.17. The molecule has 11 nitrogen and oxygen atoms in total. The predicted molar refractivity (Wildman–Crippen MR) is 98.6 cm³/mol. The topological polar surface area (TPSA) is 144 Å². The van der Waals surface area contributed by atoms with Gasteiger partial charge >= 0.3 is 25.3 Å². The number of anilines is 1. The third-order valence-corrected chi connectivity index (χ3v) is 6.19. The van der Waals surface area contributed by atoms with E-state index in [1.54, 1.807) is 13.8 Å². The van der Waals surface area contributed by atoms with Gasteiger partial charge in [0.05, 0.1) is 12.5 Å². The van der Waals surface area contributed by atoms with Gasteiger partial charge in [-0.25, -0.2) is 14.4 Å². The molecular weight excluding hydrogens is 429 g/mol. The molecule has 0 aromatic carbocycles. The summed E-state index contributed by atoms with van der Waals surface area (Å²) < 4.78 is 63.9. The van der Waals surface area contributed by atoms with Crippen molar-refractivity contribution >= 4 is 19.5 Å². The number of nitrogens with zero attached hydrogens (tertiary/aromatic N) is 2. The molecule has 30 heavy (non-hydrogen) atoms. The number of nitrogen functional groups attached to an aromatic ring is 1. The Bertz CT molecular complexity index is 912. The second-order valence-electron chi connectivity index (χ2n) is 7.38. The first-order valence-electron chi connectivity index (χ1n) is 9.18. The van der Waals surface area contributed by atoms with Crippen LogP contribution in [0.25, 0.3) is 0 Å². The highest BCUT2D eigenvalue weighted by molar-refractivity contribution is 7.51. The minimum absolute atomic E-state index is 0.129. The highest BCUT2D eigenvalue weighted by Gasteiger charge is 2.65. The van der Waals surface area contributed by atoms with Crippen LogP contribution in [0.4, 0.5) is 14.6 Å². The highest BCUT2D eigenvalue weighted by atomic mass is 31.2. The molecule has 0 saturated carbocycles. The number of carbonyl (C=O) groups is 1. The van der Waals surface area contributed by atoms with Gasteiger partial charge in [0, 0.05) is 12.2 Å². The van der Waals surface area contributed by atoms with E-state index in [9.17, 15) is 22.9 Å². The van der Waals surface area contributed by atoms with Gasteiger partial charge < -0.3 is 15.2 Å². The van der Waals surface area contributed by atoms with Gasteiger partial charge in [-0.1, -0.05) is 13.8 Å². The number of halogens is 2. The number of fused-ring (bicyclic) bond motifs is 1. The Morgan fingerprint density at radius 2 is 2.20 bits per heavy atom. The second kappa shape index (κ2) is 8.31. The van der Waals surface area contributed by atoms with Crippen molar-refractivity contribution in [2.45, 2.75) is 51.2 Å². The van der Waals surface area contributed by atoms with E-state index in [1.165, 1.54) is 13.0 Å². The molecule has 2 saturated heterocycles. The van der Waals surface area contributed by atoms with Crippen molar-refractivity contribution in [2.75, 3.05) is 18.9 Å². The lowest BCUT2D eigenvalue weighted by atomic mass is 10.1. The molecule has 3 N–H and O–H groups in total. The third-order valence-electron chi connectivity index (χ3n) is 4.44. The van der Waals surface area contributed by atoms with Crippen molar-refractivity contribution in [3.8, 4) is 0 Å². The van der Waals surface area contributed by atoms with Crippen LogP contribution in [0.1, 0.15) is 27.0 Å². The normalized spacial score (nSPS) is 31.3. The summed E-state index contributed by atoms with van der Waals surface area (Å²) in [6, 6.07) is 0.470. The molecule has 3 rings (SSSR count). The smallest absolute Gasteiger partial charge is 0.406 e. The molecule has 1 aromatic rings. The molecule has 0 aliphatic carbocycles. The molecule has 0 spiro atoms. The SMILES string of the molecule is CC(COC(=O)C(C)C)NP1(=O)OC[C@H]2O[C@@H](n3ccc(N)nc3=O)C(F)(F)[C@@H]2O1. The molecule has 168 valence electrons. The van der Waals surface area contributed by atoms with Crippen LogP contribution in [-0.4, -0.2) is 52.9 Å². The van der Waals surface area contributed by atoms with Crippen LogP contribution in [0, 0.1) is 5.92 Å². The molecular formula is C16H23F2N4O7P. The number of nitrogens with two attached hydrogens (primary N) is 1. The van der Waals surface area contributed by atoms with E-state index in [4.69, 9.17) is 24.3 Å². The first-order valence-corrected chi connectivity index (χ1v) is 10.7. The summed E-state index contributed by atoms with van der Waals surface area (Å²) >= 11 is 0. The van der Waals surface area contributed by atoms with Gasteiger partial charge in [-0.2, -0.15) is 13.8 Å². The lowest BCUT2D eigenvalue weighted by Gasteiger charge is -2.33. The van der Waals surface area contributed by atoms with E-state index in [0.717, 1.165) is 6.20 Å². The number of carbonyl (C=O) groups excluding carboxylic acids is 1. The molecule has 5 atom stereocenters. The summed E-state index contributed by atoms with van der Waals surface area (Å²) in [4.78, 5) is 26.9. The van der Waals surface area contributed by atoms with Crippen LogP contribution < -0.4 is 16.5 Å². The van der Waals surface area contributed by atoms with E-state index in [-0.39, 0.29) is 18.3 Å². The lowest BCUT2D eigenvalue weighted by molar-refractivity contribution is -0.147. The largest absolute Gasteiger partial charge is 0.464 e. The fourth-order valence-corrected chi connectivity index (χ4v) is 4.67. The molecule has 1 aromatic heterocycles. The Kier molecular flexibility index (Phi) is 6.30. The standard InChI is InChI=1S/C16H23F2N4O7P/c1-8(2)13(23)26-6-9(3)21-30(25)27-7-10-12(29-30)16(17,18)14(28-10)22-5-4-11(19)20-15(22)24/h4-5,8-10,12,14H,6-7H2,1-3H3,(H,21,25)(H2,19,20,24)/t9?,10-,12-,14-,30?/m1/s1. The average molecular weight is 452 g/mol. The first-order chi connectivity index (χ1) is 13.9. The number of rotatable bonds is 6. The van der Waals surface area contributed by atoms with E-state index in [0.29, 0.717) is 4.57 Å². The fourth-order valence-electron chi connectivity index (χ4n) is 2.94. The Morgan fingerprint density at radius 1 is 1.50 bits per heavy atom. The number of hydrogen-bond acceptors (Lipinski definition) is 9. The predicted octanol–water partition coefficient (Wildman–Crippen LogP) is 1.06. The molecule has 2 unspecified atom stereocenters. The molecule has 0 amide bonds. The Labute approximate surface area is 170 Å². The van der Waals surface area contributed by atoms with Crippen molar-refractivity contribution in [3.63, 3.8) is 0 Å². The third kappa shape index (κ3) is 4.54. The number of hydrogen-bond donors (Lipinski definition) is 2. The van der Waals surface area contributed by atoms with Crippen LogP contribution in [0.2, 0.25) is 0 Å². The summed E-state index contributed by atoms with van der Waals surface area (Å²) in [5, 5.41) is 2.46. The molecule has 2 aliphatic rings. The van der Waals surface area contributed by atoms with E-state index < -0.39 is 56.4 Å². The first kappa shape index (κ1) is 22.8. The zero-order valence-electron chi connectivity index (χ0n) is 16.5. The highest BCUT2D eigenvalue weighted by Crippen LogP contribution is 2.57. The van der Waals surface area contributed by atoms with Crippen molar-refractivity contribution < 1.29 is 36.7 Å². The van der Waals surface area contributed by atoms with Gasteiger partial charge in [0.25, 0.3) is 0 Å². The van der Waals surface area contributed by atoms with Gasteiger partial charge in [-0.05, 0) is 13.0 Å². The molecule has 2 fully saturated rings. The number of nitrogens with one attached hydrogen (secondary N) is 1. The average Bonchev–Trinajstić information content (AvgIpc) is 2.89. The van der Waals surface area contributed by atoms with Crippen LogP contribution in [-0.2, 0) is 27.9 Å². The monoisotopic (exact) mass is 452 g/mol. The van der Waals surface area contributed by atoms with E-state index in [1.807, 2.05) is 0 Å². The fraction of sp³-hybridized carbons (Fsp3) is 0.688. The van der Waals surface area contributed by atoms with E-state index in [2.05, 4.69) is 10.1 Å². The van der Waals surface area contributed by atoms with E-state index >= 15 is 0 Å². The van der Waals surface area contributed by atoms with Gasteiger partial charge in [-0.15, -0.1) is 0 Å². The summed E-state index contributed by atoms with van der Waals surface area (Å²) in [6.45, 7) is 4.20. The summed E-state index contributed by atoms with van der Waals surface area (Å²) in [5.41, 5.74) is 4.35. The van der Waals surface area contributed by atoms with Crippen molar-refractivity contribution in [1.29, 1.82) is 0 Å². The Hall–Kier alpha value is -1.92. The lowest BCUT2D eigenvalue weighted by Crippen LogP contribution is -2.47. The second-order valence-corrected chi connectivity index (χ2v) is 9.10. The summed E-state index contributed by atoms with van der Waals surface area (Å²) in [7, 11) is -4.17. The summed E-state index contributed by atoms with van der Waals surface area (Å²) in [6.07, 6.45) is -4.21. The maximum absolute atomic E-state index is 15.0. The quantitative estimate of drug-likeness (QED) is 0.475. The number of ether oxygens (including phenoxy) is 2. The minimum Gasteiger partial charge on any atom is -0.464 e. The van der Waals surface area contributed by atoms with Crippen molar-refractivity contribution in [3.05, 3.63) is 22.7 Å². The van der Waals surface area contributed by atoms with Crippen molar-refractivity contribution in [2.24, 2.45) is 5.92 Å². The molecule has 14 heteroatoms. The van der Waals surface area contributed by atoms with Crippen LogP contribution in [0.3, 0.4) is 0 Å². The van der Waals surface area contributed by atoms with Gasteiger partial charge in [-0.3, -0.25) is 18.4 Å². The van der Waals surface area contributed by atoms with Crippen LogP contribution in [0.5, 0.6) is 0 Å². The number of alkyl halides is 2. The van der Waals surface area contributed by atoms with Gasteiger partial charge in [0.2, 0.25) is 6.23 Å². The maximum atomic E-state index is 15.0. The number of esters is 1. The van der Waals surface area contributed by atoms with Gasteiger partial charge in [0.1, 0.15) is 18.5 Å². The molecule has 0 bridgehead atoms. The number of aromatic nitrogens is 2. The molecule has 0 radical (unpaired) electrons. The van der Waals surface area contributed by atoms with Crippen LogP contribution in [0.15, 0.2) is 17.1 Å². The Morgan fingerprint density at radius 3 is 2.83 bits per heavy atom. The van der Waals surface area contributed by atoms with Gasteiger partial charge in [0.15, 0.2) is 6.10 Å². The van der Waals surface area contributed by atoms with Crippen molar-refractivity contribution in [1.82, 2.24) is 14.6 Å². The molecule has 3 heterocycles. The molecule has 2 aliphatic heterocycles. The Balaban J connectivity index is 1.71. The van der Waals surface area contributed by atoms with Crippen LogP contribution >= 0.6 is 7.75 Å². The zero-order chi connectivity index (χ0) is 22.3.